The summed E-state index contributed by atoms with van der Waals surface area (Å²) in [7, 11) is 1.59. The van der Waals surface area contributed by atoms with Gasteiger partial charge < -0.3 is 15.2 Å². The zero-order chi connectivity index (χ0) is 37.6. The number of ether oxygens (including phenoxy) is 1. The Morgan fingerprint density at radius 3 is 1.41 bits per heavy atom. The van der Waals surface area contributed by atoms with Crippen molar-refractivity contribution in [2.24, 2.45) is 10.3 Å². The van der Waals surface area contributed by atoms with Gasteiger partial charge >= 0.3 is 0 Å². The summed E-state index contributed by atoms with van der Waals surface area (Å²) in [4.78, 5) is 36.9. The molecule has 6 heterocycles. The Hall–Kier alpha value is -6.89. The Morgan fingerprint density at radius 1 is 0.556 bits per heavy atom. The number of aldehydes is 1. The molecule has 0 spiro atoms. The molecular weight excluding hydrogens is 727 g/mol. The van der Waals surface area contributed by atoms with Crippen molar-refractivity contribution in [3.63, 3.8) is 0 Å². The maximum Gasteiger partial charge on any atom is 0.168 e. The van der Waals surface area contributed by atoms with Gasteiger partial charge in [0.15, 0.2) is 6.29 Å². The highest BCUT2D eigenvalue weighted by Gasteiger charge is 2.11. The molecule has 6 aromatic heterocycles. The number of methoxy groups -OCH3 is 1. The van der Waals surface area contributed by atoms with Gasteiger partial charge in [0, 0.05) is 57.0 Å². The smallest absolute Gasteiger partial charge is 0.168 e. The SMILES string of the molecule is COc1cc(C=NO)nc2c1ccc1cccnc12.O=Cc1cc(Cl)c2ccc3cccnc3c2n1.ON=Cc1cc(Cl)c2ccc3cccnc3c2n1. The fraction of sp³-hybridized carbons (Fsp3) is 0.0250. The van der Waals surface area contributed by atoms with Gasteiger partial charge in [0.05, 0.1) is 68.6 Å². The van der Waals surface area contributed by atoms with Crippen LogP contribution in [0.1, 0.15) is 21.9 Å². The van der Waals surface area contributed by atoms with Crippen LogP contribution < -0.4 is 4.74 Å². The van der Waals surface area contributed by atoms with Crippen LogP contribution >= 0.6 is 23.2 Å². The van der Waals surface area contributed by atoms with E-state index in [1.165, 1.54) is 12.4 Å². The molecule has 0 atom stereocenters. The van der Waals surface area contributed by atoms with Gasteiger partial charge in [-0.1, -0.05) is 82.0 Å². The largest absolute Gasteiger partial charge is 0.496 e. The highest BCUT2D eigenvalue weighted by molar-refractivity contribution is 6.37. The van der Waals surface area contributed by atoms with Gasteiger partial charge in [-0.3, -0.25) is 19.7 Å². The van der Waals surface area contributed by atoms with Crippen LogP contribution in [0.2, 0.25) is 10.0 Å². The van der Waals surface area contributed by atoms with Gasteiger partial charge in [0.2, 0.25) is 0 Å². The molecule has 0 bridgehead atoms. The number of halogens is 2. The molecule has 0 radical (unpaired) electrons. The van der Waals surface area contributed by atoms with Crippen molar-refractivity contribution in [3.05, 3.63) is 137 Å². The maximum atomic E-state index is 10.8. The molecule has 0 unspecified atom stereocenters. The van der Waals surface area contributed by atoms with Crippen LogP contribution in [0.5, 0.6) is 5.75 Å². The number of benzene rings is 3. The average Bonchev–Trinajstić information content (AvgIpc) is 3.21. The summed E-state index contributed by atoms with van der Waals surface area (Å²) in [5.41, 5.74) is 5.77. The quantitative estimate of drug-likeness (QED) is 0.0581. The van der Waals surface area contributed by atoms with Crippen LogP contribution in [0.3, 0.4) is 0 Å². The Bertz CT molecular complexity index is 2930. The minimum Gasteiger partial charge on any atom is -0.496 e. The molecule has 3 aromatic carbocycles. The molecular formula is C40H26Cl2N8O4. The van der Waals surface area contributed by atoms with Crippen molar-refractivity contribution in [3.8, 4) is 5.75 Å². The molecule has 0 saturated carbocycles. The monoisotopic (exact) mass is 752 g/mol. The van der Waals surface area contributed by atoms with Crippen molar-refractivity contribution in [1.29, 1.82) is 0 Å². The summed E-state index contributed by atoms with van der Waals surface area (Å²) >= 11 is 12.3. The molecule has 14 heteroatoms. The molecule has 0 amide bonds. The number of hydrogen-bond donors (Lipinski definition) is 2. The summed E-state index contributed by atoms with van der Waals surface area (Å²) in [5.74, 6) is 0.674. The van der Waals surface area contributed by atoms with E-state index in [9.17, 15) is 4.79 Å². The highest BCUT2D eigenvalue weighted by Crippen LogP contribution is 2.31. The summed E-state index contributed by atoms with van der Waals surface area (Å²) in [6.07, 6.45) is 8.34. The van der Waals surface area contributed by atoms with Crippen LogP contribution in [-0.2, 0) is 0 Å². The predicted molar refractivity (Wildman–Crippen MR) is 212 cm³/mol. The van der Waals surface area contributed by atoms with Crippen molar-refractivity contribution in [1.82, 2.24) is 29.9 Å². The van der Waals surface area contributed by atoms with E-state index >= 15 is 0 Å². The summed E-state index contributed by atoms with van der Waals surface area (Å²) in [6.45, 7) is 0. The first-order valence-corrected chi connectivity index (χ1v) is 16.9. The second-order valence-electron chi connectivity index (χ2n) is 11.5. The lowest BCUT2D eigenvalue weighted by Crippen LogP contribution is -1.95. The Morgan fingerprint density at radius 2 is 0.963 bits per heavy atom. The molecule has 0 aliphatic heterocycles. The number of hydrogen-bond acceptors (Lipinski definition) is 12. The molecule has 9 rings (SSSR count). The predicted octanol–water partition coefficient (Wildman–Crippen LogP) is 9.09. The normalized spacial score (nSPS) is 11.3. The third kappa shape index (κ3) is 7.11. The zero-order valence-electron chi connectivity index (χ0n) is 28.2. The molecule has 0 fully saturated rings. The summed E-state index contributed by atoms with van der Waals surface area (Å²) in [6, 6.07) is 28.1. The fourth-order valence-electron chi connectivity index (χ4n) is 5.90. The van der Waals surface area contributed by atoms with Crippen molar-refractivity contribution < 1.29 is 19.9 Å². The van der Waals surface area contributed by atoms with Crippen LogP contribution in [0, 0.1) is 0 Å². The maximum absolute atomic E-state index is 10.8. The Labute approximate surface area is 316 Å². The molecule has 9 aromatic rings. The van der Waals surface area contributed by atoms with Crippen molar-refractivity contribution in [2.45, 2.75) is 0 Å². The van der Waals surface area contributed by atoms with Gasteiger partial charge in [-0.15, -0.1) is 0 Å². The van der Waals surface area contributed by atoms with Gasteiger partial charge in [0.1, 0.15) is 17.0 Å². The van der Waals surface area contributed by atoms with E-state index in [1.54, 1.807) is 43.9 Å². The number of aromatic nitrogens is 6. The summed E-state index contributed by atoms with van der Waals surface area (Å²) in [5, 5.41) is 29.7. The highest BCUT2D eigenvalue weighted by atomic mass is 35.5. The first-order valence-electron chi connectivity index (χ1n) is 16.1. The molecule has 0 saturated heterocycles. The van der Waals surface area contributed by atoms with E-state index in [2.05, 4.69) is 40.2 Å². The number of fused-ring (bicyclic) bond motifs is 9. The van der Waals surface area contributed by atoms with E-state index in [-0.39, 0.29) is 0 Å². The van der Waals surface area contributed by atoms with Crippen LogP contribution in [0.15, 0.2) is 120 Å². The molecule has 54 heavy (non-hydrogen) atoms. The second-order valence-corrected chi connectivity index (χ2v) is 12.3. The van der Waals surface area contributed by atoms with E-state index in [1.807, 2.05) is 72.8 Å². The molecule has 264 valence electrons. The van der Waals surface area contributed by atoms with Crippen LogP contribution in [-0.4, -0.2) is 66.1 Å². The van der Waals surface area contributed by atoms with Gasteiger partial charge in [-0.25, -0.2) is 15.0 Å². The minimum atomic E-state index is 0.320. The summed E-state index contributed by atoms with van der Waals surface area (Å²) < 4.78 is 5.35. The average molecular weight is 754 g/mol. The number of pyridine rings is 6. The number of oxime groups is 2. The molecule has 2 N–H and O–H groups in total. The number of carbonyl (C=O) groups is 1. The zero-order valence-corrected chi connectivity index (χ0v) is 29.7. The van der Waals surface area contributed by atoms with E-state index in [0.29, 0.717) is 50.2 Å². The fourth-order valence-corrected chi connectivity index (χ4v) is 6.43. The molecule has 0 aliphatic carbocycles. The first kappa shape index (κ1) is 35.5. The van der Waals surface area contributed by atoms with E-state index in [4.69, 9.17) is 38.4 Å². The van der Waals surface area contributed by atoms with Crippen LogP contribution in [0.4, 0.5) is 0 Å². The molecule has 0 aliphatic rings. The van der Waals surface area contributed by atoms with E-state index in [0.717, 1.165) is 54.4 Å². The van der Waals surface area contributed by atoms with Gasteiger partial charge in [0.25, 0.3) is 0 Å². The minimum absolute atomic E-state index is 0.320. The topological polar surface area (TPSA) is 169 Å². The number of carbonyl (C=O) groups excluding carboxylic acids is 1. The third-order valence-corrected chi connectivity index (χ3v) is 8.92. The van der Waals surface area contributed by atoms with Gasteiger partial charge in [-0.2, -0.15) is 0 Å². The van der Waals surface area contributed by atoms with Crippen molar-refractivity contribution in [2.75, 3.05) is 7.11 Å². The Kier molecular flexibility index (Phi) is 10.4. The second kappa shape index (κ2) is 15.8. The molecule has 12 nitrogen and oxygen atoms in total. The van der Waals surface area contributed by atoms with Crippen LogP contribution in [0.25, 0.3) is 65.4 Å². The number of nitrogens with zero attached hydrogens (tertiary/aromatic N) is 8. The lowest BCUT2D eigenvalue weighted by Gasteiger charge is -2.08. The third-order valence-electron chi connectivity index (χ3n) is 8.30. The lowest BCUT2D eigenvalue weighted by atomic mass is 10.1. The number of rotatable bonds is 4. The first-order chi connectivity index (χ1) is 26.4. The van der Waals surface area contributed by atoms with Gasteiger partial charge in [-0.05, 0) is 36.4 Å². The lowest BCUT2D eigenvalue weighted by molar-refractivity contribution is 0.111. The van der Waals surface area contributed by atoms with Crippen molar-refractivity contribution >= 4 is 107 Å². The standard InChI is InChI=1S/C14H11N3O2.C13H8ClN3O.C13H7ClN2O/c1-19-12-7-10(8-16-18)17-14-11(12)5-4-9-3-2-6-15-13(9)14;14-11-6-9(7-16-18)17-13-10(11)4-3-8-2-1-5-15-12(8)13;14-11-6-9(7-17)16-13-10(11)4-3-8-2-1-5-15-12(8)13/h2-8,18H,1H3;1-7,18H;1-7H. The Balaban J connectivity index is 0.000000125. The van der Waals surface area contributed by atoms with E-state index < -0.39 is 0 Å².